The summed E-state index contributed by atoms with van der Waals surface area (Å²) in [7, 11) is 1.67. The van der Waals surface area contributed by atoms with Crippen LogP contribution in [0.1, 0.15) is 50.7 Å². The summed E-state index contributed by atoms with van der Waals surface area (Å²) in [4.78, 5) is 12.4. The van der Waals surface area contributed by atoms with E-state index in [-0.39, 0.29) is 17.4 Å². The van der Waals surface area contributed by atoms with Gasteiger partial charge in [0, 0.05) is 17.9 Å². The minimum Gasteiger partial charge on any atom is -0.497 e. The molecule has 3 nitrogen and oxygen atoms in total. The number of benzene rings is 3. The van der Waals surface area contributed by atoms with E-state index in [1.165, 1.54) is 21.9 Å². The Balaban J connectivity index is 1.89. The van der Waals surface area contributed by atoms with Gasteiger partial charge in [0.1, 0.15) is 5.75 Å². The zero-order valence-electron chi connectivity index (χ0n) is 17.2. The van der Waals surface area contributed by atoms with E-state index in [1.807, 2.05) is 32.9 Å². The van der Waals surface area contributed by atoms with Crippen molar-refractivity contribution < 1.29 is 9.53 Å². The van der Waals surface area contributed by atoms with Gasteiger partial charge in [-0.25, -0.2) is 0 Å². The number of ether oxygens (including phenoxy) is 1. The average molecular weight is 376 g/mol. The summed E-state index contributed by atoms with van der Waals surface area (Å²) >= 11 is 0. The molecule has 1 N–H and O–H groups in total. The molecule has 3 aromatic carbocycles. The van der Waals surface area contributed by atoms with Crippen LogP contribution in [-0.2, 0) is 4.79 Å². The number of carbonyl (C=O) groups excluding carboxylic acids is 1. The van der Waals surface area contributed by atoms with E-state index in [0.717, 1.165) is 12.2 Å². The number of fused-ring (bicyclic) bond motifs is 1. The molecular formula is C25H29NO2. The molecule has 0 aliphatic heterocycles. The van der Waals surface area contributed by atoms with E-state index in [0.29, 0.717) is 6.42 Å². The molecular weight excluding hydrogens is 346 g/mol. The third-order valence-corrected chi connectivity index (χ3v) is 4.87. The second kappa shape index (κ2) is 8.47. The maximum atomic E-state index is 12.4. The fraction of sp³-hybridized carbons (Fsp3) is 0.320. The molecule has 0 aliphatic rings. The maximum Gasteiger partial charge on any atom is 0.220 e. The van der Waals surface area contributed by atoms with Crippen molar-refractivity contribution in [3.8, 4) is 5.75 Å². The van der Waals surface area contributed by atoms with Crippen molar-refractivity contribution >= 4 is 16.7 Å². The Kier molecular flexibility index (Phi) is 6.03. The molecule has 3 rings (SSSR count). The summed E-state index contributed by atoms with van der Waals surface area (Å²) in [5.74, 6) is 1.08. The first-order valence-electron chi connectivity index (χ1n) is 9.79. The van der Waals surface area contributed by atoms with Crippen LogP contribution in [-0.4, -0.2) is 18.6 Å². The second-order valence-corrected chi connectivity index (χ2v) is 8.27. The molecule has 0 spiro atoms. The Labute approximate surface area is 167 Å². The summed E-state index contributed by atoms with van der Waals surface area (Å²) in [6, 6.07) is 23.1. The smallest absolute Gasteiger partial charge is 0.220 e. The van der Waals surface area contributed by atoms with E-state index >= 15 is 0 Å². The third kappa shape index (κ3) is 5.13. The summed E-state index contributed by atoms with van der Waals surface area (Å²) in [6.45, 7) is 6.03. The molecule has 146 valence electrons. The van der Waals surface area contributed by atoms with E-state index in [2.05, 4.69) is 59.9 Å². The van der Waals surface area contributed by atoms with E-state index < -0.39 is 0 Å². The summed E-state index contributed by atoms with van der Waals surface area (Å²) in [5, 5.41) is 5.51. The molecule has 0 heterocycles. The zero-order chi connectivity index (χ0) is 20.1. The largest absolute Gasteiger partial charge is 0.497 e. The number of carbonyl (C=O) groups is 1. The lowest BCUT2D eigenvalue weighted by Crippen LogP contribution is -2.40. The van der Waals surface area contributed by atoms with Crippen LogP contribution in [0.3, 0.4) is 0 Å². The van der Waals surface area contributed by atoms with Gasteiger partial charge in [-0.2, -0.15) is 0 Å². The lowest BCUT2D eigenvalue weighted by Gasteiger charge is -2.23. The first-order valence-corrected chi connectivity index (χ1v) is 9.79. The van der Waals surface area contributed by atoms with Crippen molar-refractivity contribution in [1.82, 2.24) is 5.32 Å². The fourth-order valence-corrected chi connectivity index (χ4v) is 3.54. The predicted molar refractivity (Wildman–Crippen MR) is 116 cm³/mol. The highest BCUT2D eigenvalue weighted by atomic mass is 16.5. The van der Waals surface area contributed by atoms with Gasteiger partial charge in [0.25, 0.3) is 0 Å². The quantitative estimate of drug-likeness (QED) is 0.602. The molecule has 0 radical (unpaired) electrons. The van der Waals surface area contributed by atoms with Crippen LogP contribution in [0.25, 0.3) is 10.8 Å². The molecule has 3 heteroatoms. The SMILES string of the molecule is COc1ccc([C@H](CCC(=O)NC(C)(C)C)c2ccc3ccccc3c2)cc1. The highest BCUT2D eigenvalue weighted by Crippen LogP contribution is 2.32. The van der Waals surface area contributed by atoms with Crippen LogP contribution < -0.4 is 10.1 Å². The molecule has 0 aromatic heterocycles. The molecule has 1 atom stereocenters. The van der Waals surface area contributed by atoms with Crippen LogP contribution in [0.5, 0.6) is 5.75 Å². The van der Waals surface area contributed by atoms with Crippen LogP contribution in [0.15, 0.2) is 66.7 Å². The van der Waals surface area contributed by atoms with E-state index in [9.17, 15) is 4.79 Å². The Morgan fingerprint density at radius 1 is 0.929 bits per heavy atom. The van der Waals surface area contributed by atoms with Crippen LogP contribution in [0.4, 0.5) is 0 Å². The van der Waals surface area contributed by atoms with Crippen molar-refractivity contribution in [3.63, 3.8) is 0 Å². The zero-order valence-corrected chi connectivity index (χ0v) is 17.2. The van der Waals surface area contributed by atoms with Crippen molar-refractivity contribution in [2.75, 3.05) is 7.11 Å². The molecule has 0 unspecified atom stereocenters. The van der Waals surface area contributed by atoms with Crippen molar-refractivity contribution in [2.45, 2.75) is 45.1 Å². The van der Waals surface area contributed by atoms with Crippen LogP contribution in [0.2, 0.25) is 0 Å². The standard InChI is InChI=1S/C25H29NO2/c1-25(2,3)26-24(27)16-15-23(19-11-13-22(28-4)14-12-19)21-10-9-18-7-5-6-8-20(18)17-21/h5-14,17,23H,15-16H2,1-4H3,(H,26,27)/t23-/m0/s1. The normalized spacial score (nSPS) is 12.6. The molecule has 28 heavy (non-hydrogen) atoms. The second-order valence-electron chi connectivity index (χ2n) is 8.27. The lowest BCUT2D eigenvalue weighted by molar-refractivity contribution is -0.122. The van der Waals surface area contributed by atoms with Crippen LogP contribution in [0, 0.1) is 0 Å². The number of rotatable bonds is 6. The monoisotopic (exact) mass is 375 g/mol. The summed E-state index contributed by atoms with van der Waals surface area (Å²) < 4.78 is 5.30. The number of amides is 1. The number of nitrogens with one attached hydrogen (secondary N) is 1. The molecule has 0 aliphatic carbocycles. The van der Waals surface area contributed by atoms with Gasteiger partial charge < -0.3 is 10.1 Å². The van der Waals surface area contributed by atoms with Crippen molar-refractivity contribution in [3.05, 3.63) is 77.9 Å². The lowest BCUT2D eigenvalue weighted by atomic mass is 9.86. The Morgan fingerprint density at radius 3 is 2.21 bits per heavy atom. The molecule has 0 fully saturated rings. The number of hydrogen-bond donors (Lipinski definition) is 1. The maximum absolute atomic E-state index is 12.4. The van der Waals surface area contributed by atoms with Gasteiger partial charge in [-0.3, -0.25) is 4.79 Å². The Morgan fingerprint density at radius 2 is 1.57 bits per heavy atom. The number of hydrogen-bond acceptors (Lipinski definition) is 2. The first-order chi connectivity index (χ1) is 13.4. The molecule has 0 bridgehead atoms. The van der Waals surface area contributed by atoms with Gasteiger partial charge in [-0.1, -0.05) is 54.6 Å². The molecule has 0 saturated heterocycles. The van der Waals surface area contributed by atoms with E-state index in [1.54, 1.807) is 7.11 Å². The van der Waals surface area contributed by atoms with Crippen LogP contribution >= 0.6 is 0 Å². The van der Waals surface area contributed by atoms with Crippen molar-refractivity contribution in [2.24, 2.45) is 0 Å². The topological polar surface area (TPSA) is 38.3 Å². The molecule has 3 aromatic rings. The number of methoxy groups -OCH3 is 1. The highest BCUT2D eigenvalue weighted by molar-refractivity contribution is 5.83. The van der Waals surface area contributed by atoms with E-state index in [4.69, 9.17) is 4.74 Å². The first kappa shape index (κ1) is 19.9. The third-order valence-electron chi connectivity index (χ3n) is 4.87. The Bertz CT molecular complexity index is 939. The average Bonchev–Trinajstić information content (AvgIpc) is 2.67. The highest BCUT2D eigenvalue weighted by Gasteiger charge is 2.19. The van der Waals surface area contributed by atoms with Gasteiger partial charge in [-0.05, 0) is 61.2 Å². The molecule has 1 amide bonds. The predicted octanol–water partition coefficient (Wildman–Crippen LogP) is 5.68. The van der Waals surface area contributed by atoms with Gasteiger partial charge in [0.2, 0.25) is 5.91 Å². The van der Waals surface area contributed by atoms with Gasteiger partial charge in [0.05, 0.1) is 7.11 Å². The summed E-state index contributed by atoms with van der Waals surface area (Å²) in [6.07, 6.45) is 1.24. The van der Waals surface area contributed by atoms with Gasteiger partial charge >= 0.3 is 0 Å². The Hall–Kier alpha value is -2.81. The minimum atomic E-state index is -0.213. The fourth-order valence-electron chi connectivity index (χ4n) is 3.54. The molecule has 0 saturated carbocycles. The minimum absolute atomic E-state index is 0.0896. The van der Waals surface area contributed by atoms with Gasteiger partial charge in [-0.15, -0.1) is 0 Å². The summed E-state index contributed by atoms with van der Waals surface area (Å²) in [5.41, 5.74) is 2.21. The van der Waals surface area contributed by atoms with Crippen molar-refractivity contribution in [1.29, 1.82) is 0 Å². The van der Waals surface area contributed by atoms with Gasteiger partial charge in [0.15, 0.2) is 0 Å².